The molecule has 0 fully saturated rings. The SMILES string of the molecule is CC[NH+](CC)CCn1c(NCc2ccccc2OC)nc2ccccc21. The van der Waals surface area contributed by atoms with E-state index in [9.17, 15) is 0 Å². The van der Waals surface area contributed by atoms with Gasteiger partial charge in [0.25, 0.3) is 0 Å². The number of ether oxygens (including phenoxy) is 1. The lowest BCUT2D eigenvalue weighted by atomic mass is 10.2. The molecule has 0 aliphatic heterocycles. The van der Waals surface area contributed by atoms with Gasteiger partial charge in [-0.05, 0) is 32.0 Å². The maximum absolute atomic E-state index is 5.46. The van der Waals surface area contributed by atoms with Crippen molar-refractivity contribution < 1.29 is 9.64 Å². The third-order valence-corrected chi connectivity index (χ3v) is 4.97. The van der Waals surface area contributed by atoms with Crippen molar-refractivity contribution >= 4 is 17.0 Å². The molecule has 0 atom stereocenters. The number of nitrogens with one attached hydrogen (secondary N) is 2. The van der Waals surface area contributed by atoms with Gasteiger partial charge in [-0.3, -0.25) is 0 Å². The number of methoxy groups -OCH3 is 1. The normalized spacial score (nSPS) is 11.2. The van der Waals surface area contributed by atoms with Gasteiger partial charge in [0.05, 0.1) is 44.3 Å². The van der Waals surface area contributed by atoms with Gasteiger partial charge in [-0.1, -0.05) is 30.3 Å². The molecular weight excluding hydrogens is 324 g/mol. The van der Waals surface area contributed by atoms with Crippen molar-refractivity contribution in [3.63, 3.8) is 0 Å². The number of rotatable bonds is 9. The Bertz CT molecular complexity index is 839. The summed E-state index contributed by atoms with van der Waals surface area (Å²) in [4.78, 5) is 6.41. The summed E-state index contributed by atoms with van der Waals surface area (Å²) in [6, 6.07) is 16.4. The van der Waals surface area contributed by atoms with Gasteiger partial charge in [-0.15, -0.1) is 0 Å². The van der Waals surface area contributed by atoms with E-state index in [0.29, 0.717) is 6.54 Å². The fourth-order valence-corrected chi connectivity index (χ4v) is 3.33. The van der Waals surface area contributed by atoms with Gasteiger partial charge in [0, 0.05) is 12.1 Å². The molecule has 0 aliphatic carbocycles. The molecule has 0 bridgehead atoms. The highest BCUT2D eigenvalue weighted by molar-refractivity contribution is 5.78. The van der Waals surface area contributed by atoms with E-state index >= 15 is 0 Å². The van der Waals surface area contributed by atoms with E-state index in [2.05, 4.69) is 48.0 Å². The van der Waals surface area contributed by atoms with Crippen LogP contribution in [0.15, 0.2) is 48.5 Å². The van der Waals surface area contributed by atoms with Gasteiger partial charge in [0.2, 0.25) is 5.95 Å². The van der Waals surface area contributed by atoms with Gasteiger partial charge < -0.3 is 19.5 Å². The average Bonchev–Trinajstić information content (AvgIpc) is 3.05. The van der Waals surface area contributed by atoms with E-state index in [1.54, 1.807) is 12.0 Å². The Kier molecular flexibility index (Phi) is 6.12. The molecule has 0 spiro atoms. The Morgan fingerprint density at radius 2 is 1.77 bits per heavy atom. The highest BCUT2D eigenvalue weighted by Crippen LogP contribution is 2.22. The number of quaternary nitrogens is 1. The van der Waals surface area contributed by atoms with Crippen LogP contribution in [0.4, 0.5) is 5.95 Å². The summed E-state index contributed by atoms with van der Waals surface area (Å²) in [6.45, 7) is 9.51. The van der Waals surface area contributed by atoms with Crippen molar-refractivity contribution in [2.75, 3.05) is 32.1 Å². The number of imidazole rings is 1. The van der Waals surface area contributed by atoms with Gasteiger partial charge >= 0.3 is 0 Å². The molecule has 5 nitrogen and oxygen atoms in total. The topological polar surface area (TPSA) is 43.5 Å². The monoisotopic (exact) mass is 353 g/mol. The van der Waals surface area contributed by atoms with Crippen LogP contribution in [0, 0.1) is 0 Å². The van der Waals surface area contributed by atoms with Gasteiger partial charge in [-0.2, -0.15) is 0 Å². The van der Waals surface area contributed by atoms with Crippen LogP contribution in [-0.2, 0) is 13.1 Å². The highest BCUT2D eigenvalue weighted by atomic mass is 16.5. The van der Waals surface area contributed by atoms with Gasteiger partial charge in [-0.25, -0.2) is 4.98 Å². The van der Waals surface area contributed by atoms with Crippen LogP contribution in [0.3, 0.4) is 0 Å². The molecule has 5 heteroatoms. The second-order valence-electron chi connectivity index (χ2n) is 6.45. The second kappa shape index (κ2) is 8.72. The number of para-hydroxylation sites is 3. The molecule has 2 aromatic carbocycles. The average molecular weight is 353 g/mol. The van der Waals surface area contributed by atoms with E-state index in [1.165, 1.54) is 5.52 Å². The molecule has 1 heterocycles. The van der Waals surface area contributed by atoms with E-state index in [0.717, 1.165) is 49.0 Å². The minimum Gasteiger partial charge on any atom is -0.496 e. The summed E-state index contributed by atoms with van der Waals surface area (Å²) < 4.78 is 7.76. The molecule has 26 heavy (non-hydrogen) atoms. The first-order chi connectivity index (χ1) is 12.8. The molecule has 0 amide bonds. The standard InChI is InChI=1S/C21H28N4O/c1-4-24(5-2)14-15-25-19-12-8-7-11-18(19)23-21(25)22-16-17-10-6-9-13-20(17)26-3/h6-13H,4-5,14-16H2,1-3H3,(H,22,23)/p+1. The number of anilines is 1. The van der Waals surface area contributed by atoms with Crippen LogP contribution in [0.2, 0.25) is 0 Å². The zero-order valence-corrected chi connectivity index (χ0v) is 16.0. The molecule has 1 aromatic heterocycles. The van der Waals surface area contributed by atoms with E-state index < -0.39 is 0 Å². The first kappa shape index (κ1) is 18.3. The van der Waals surface area contributed by atoms with Crippen LogP contribution >= 0.6 is 0 Å². The summed E-state index contributed by atoms with van der Waals surface area (Å²) in [5, 5.41) is 3.52. The third kappa shape index (κ3) is 3.99. The Labute approximate surface area is 155 Å². The zero-order valence-electron chi connectivity index (χ0n) is 16.0. The molecule has 0 unspecified atom stereocenters. The molecule has 138 valence electrons. The number of likely N-dealkylation sites (N-methyl/N-ethyl adjacent to an activating group) is 1. The zero-order chi connectivity index (χ0) is 18.4. The van der Waals surface area contributed by atoms with E-state index in [4.69, 9.17) is 9.72 Å². The minimum atomic E-state index is 0.686. The highest BCUT2D eigenvalue weighted by Gasteiger charge is 2.13. The summed E-state index contributed by atoms with van der Waals surface area (Å²) in [6.07, 6.45) is 0. The summed E-state index contributed by atoms with van der Waals surface area (Å²) in [5.74, 6) is 1.82. The Hall–Kier alpha value is -2.53. The van der Waals surface area contributed by atoms with Gasteiger partial charge in [0.1, 0.15) is 5.75 Å². The van der Waals surface area contributed by atoms with Crippen LogP contribution < -0.4 is 15.0 Å². The number of hydrogen-bond acceptors (Lipinski definition) is 3. The predicted molar refractivity (Wildman–Crippen MR) is 107 cm³/mol. The second-order valence-corrected chi connectivity index (χ2v) is 6.45. The maximum Gasteiger partial charge on any atom is 0.204 e. The quantitative estimate of drug-likeness (QED) is 0.621. The number of nitrogens with zero attached hydrogens (tertiary/aromatic N) is 2. The minimum absolute atomic E-state index is 0.686. The van der Waals surface area contributed by atoms with Crippen molar-refractivity contribution in [1.82, 2.24) is 9.55 Å². The molecule has 0 aliphatic rings. The molecule has 3 rings (SSSR count). The van der Waals surface area contributed by atoms with Crippen molar-refractivity contribution in [1.29, 1.82) is 0 Å². The lowest BCUT2D eigenvalue weighted by molar-refractivity contribution is -0.897. The maximum atomic E-state index is 5.46. The lowest BCUT2D eigenvalue weighted by Gasteiger charge is -2.17. The number of benzene rings is 2. The van der Waals surface area contributed by atoms with E-state index in [-0.39, 0.29) is 0 Å². The van der Waals surface area contributed by atoms with Crippen LogP contribution in [-0.4, -0.2) is 36.3 Å². The fraction of sp³-hybridized carbons (Fsp3) is 0.381. The molecule has 3 aromatic rings. The summed E-state index contributed by atoms with van der Waals surface area (Å²) in [5.41, 5.74) is 3.34. The number of fused-ring (bicyclic) bond motifs is 1. The lowest BCUT2D eigenvalue weighted by Crippen LogP contribution is -3.11. The van der Waals surface area contributed by atoms with Crippen molar-refractivity contribution in [2.24, 2.45) is 0 Å². The molecular formula is C21H29N4O+. The van der Waals surface area contributed by atoms with Crippen molar-refractivity contribution in [3.05, 3.63) is 54.1 Å². The summed E-state index contributed by atoms with van der Waals surface area (Å²) >= 11 is 0. The third-order valence-electron chi connectivity index (χ3n) is 4.97. The van der Waals surface area contributed by atoms with Crippen LogP contribution in [0.5, 0.6) is 5.75 Å². The van der Waals surface area contributed by atoms with Crippen LogP contribution in [0.1, 0.15) is 19.4 Å². The Morgan fingerprint density at radius 3 is 2.54 bits per heavy atom. The summed E-state index contributed by atoms with van der Waals surface area (Å²) in [7, 11) is 1.71. The first-order valence-corrected chi connectivity index (χ1v) is 9.41. The fourth-order valence-electron chi connectivity index (χ4n) is 3.33. The smallest absolute Gasteiger partial charge is 0.204 e. The van der Waals surface area contributed by atoms with E-state index in [1.807, 2.05) is 24.3 Å². The van der Waals surface area contributed by atoms with Crippen molar-refractivity contribution in [2.45, 2.75) is 26.9 Å². The van der Waals surface area contributed by atoms with Gasteiger partial charge in [0.15, 0.2) is 0 Å². The van der Waals surface area contributed by atoms with Crippen molar-refractivity contribution in [3.8, 4) is 5.75 Å². The number of aromatic nitrogens is 2. The molecule has 2 N–H and O–H groups in total. The largest absolute Gasteiger partial charge is 0.496 e. The Morgan fingerprint density at radius 1 is 1.04 bits per heavy atom. The number of hydrogen-bond donors (Lipinski definition) is 2. The molecule has 0 radical (unpaired) electrons. The first-order valence-electron chi connectivity index (χ1n) is 9.41. The Balaban J connectivity index is 1.83. The molecule has 0 saturated carbocycles. The predicted octanol–water partition coefficient (Wildman–Crippen LogP) is 2.58. The van der Waals surface area contributed by atoms with Crippen LogP contribution in [0.25, 0.3) is 11.0 Å². The molecule has 0 saturated heterocycles.